The van der Waals surface area contributed by atoms with Crippen LogP contribution in [0.2, 0.25) is 0 Å². The van der Waals surface area contributed by atoms with Gasteiger partial charge >= 0.3 is 0 Å². The van der Waals surface area contributed by atoms with E-state index < -0.39 is 0 Å². The SMILES string of the molecule is Cc1ccc(NC(=O)c2ccc(N3CCN(C(C)C)CC3)cc2)cc1F. The molecule has 1 fully saturated rings. The monoisotopic (exact) mass is 355 g/mol. The van der Waals surface area contributed by atoms with Crippen molar-refractivity contribution in [2.24, 2.45) is 0 Å². The van der Waals surface area contributed by atoms with Crippen molar-refractivity contribution in [2.45, 2.75) is 26.8 Å². The molecule has 4 nitrogen and oxygen atoms in total. The standard InChI is InChI=1S/C21H26FN3O/c1-15(2)24-10-12-25(13-11-24)19-8-5-17(6-9-19)21(26)23-18-7-4-16(3)20(22)14-18/h4-9,14-15H,10-13H2,1-3H3,(H,23,26). The second kappa shape index (κ2) is 7.87. The Labute approximate surface area is 154 Å². The molecule has 2 aromatic rings. The Morgan fingerprint density at radius 3 is 2.27 bits per heavy atom. The maximum atomic E-state index is 13.6. The zero-order valence-corrected chi connectivity index (χ0v) is 15.6. The van der Waals surface area contributed by atoms with E-state index in [0.29, 0.717) is 22.9 Å². The Morgan fingerprint density at radius 1 is 1.04 bits per heavy atom. The molecule has 5 heteroatoms. The molecule has 0 unspecified atom stereocenters. The van der Waals surface area contributed by atoms with Crippen molar-refractivity contribution >= 4 is 17.3 Å². The van der Waals surface area contributed by atoms with Gasteiger partial charge in [-0.2, -0.15) is 0 Å². The molecule has 1 saturated heterocycles. The number of carbonyl (C=O) groups excluding carboxylic acids is 1. The van der Waals surface area contributed by atoms with Crippen LogP contribution >= 0.6 is 0 Å². The molecule has 138 valence electrons. The first-order valence-corrected chi connectivity index (χ1v) is 9.10. The van der Waals surface area contributed by atoms with Crippen molar-refractivity contribution in [1.29, 1.82) is 0 Å². The molecule has 3 rings (SSSR count). The summed E-state index contributed by atoms with van der Waals surface area (Å²) in [7, 11) is 0. The molecule has 0 saturated carbocycles. The van der Waals surface area contributed by atoms with E-state index in [1.54, 1.807) is 19.1 Å². The highest BCUT2D eigenvalue weighted by molar-refractivity contribution is 6.04. The van der Waals surface area contributed by atoms with Crippen molar-refractivity contribution in [3.8, 4) is 0 Å². The summed E-state index contributed by atoms with van der Waals surface area (Å²) >= 11 is 0. The minimum absolute atomic E-state index is 0.232. The first kappa shape index (κ1) is 18.4. The number of halogens is 1. The van der Waals surface area contributed by atoms with Gasteiger partial charge in [0.2, 0.25) is 0 Å². The summed E-state index contributed by atoms with van der Waals surface area (Å²) in [6, 6.07) is 12.9. The summed E-state index contributed by atoms with van der Waals surface area (Å²) < 4.78 is 13.6. The molecule has 0 atom stereocenters. The molecule has 2 aromatic carbocycles. The van der Waals surface area contributed by atoms with Crippen LogP contribution in [-0.4, -0.2) is 43.0 Å². The molecule has 1 N–H and O–H groups in total. The van der Waals surface area contributed by atoms with Crippen molar-refractivity contribution in [1.82, 2.24) is 4.90 Å². The van der Waals surface area contributed by atoms with E-state index in [4.69, 9.17) is 0 Å². The van der Waals surface area contributed by atoms with Crippen LogP contribution in [0.4, 0.5) is 15.8 Å². The van der Waals surface area contributed by atoms with E-state index >= 15 is 0 Å². The lowest BCUT2D eigenvalue weighted by Gasteiger charge is -2.38. The molecule has 0 spiro atoms. The summed E-state index contributed by atoms with van der Waals surface area (Å²) in [5.74, 6) is -0.553. The normalized spacial score (nSPS) is 15.3. The number of aryl methyl sites for hydroxylation is 1. The fourth-order valence-corrected chi connectivity index (χ4v) is 3.19. The summed E-state index contributed by atoms with van der Waals surface area (Å²) in [5, 5.41) is 2.74. The number of carbonyl (C=O) groups is 1. The van der Waals surface area contributed by atoms with Crippen molar-refractivity contribution in [3.05, 3.63) is 59.4 Å². The highest BCUT2D eigenvalue weighted by Gasteiger charge is 2.19. The minimum Gasteiger partial charge on any atom is -0.369 e. The molecule has 0 bridgehead atoms. The van der Waals surface area contributed by atoms with Crippen molar-refractivity contribution in [2.75, 3.05) is 36.4 Å². The van der Waals surface area contributed by atoms with E-state index in [1.165, 1.54) is 6.07 Å². The number of nitrogens with zero attached hydrogens (tertiary/aromatic N) is 2. The number of piperazine rings is 1. The number of amides is 1. The van der Waals surface area contributed by atoms with E-state index in [1.807, 2.05) is 24.3 Å². The fraction of sp³-hybridized carbons (Fsp3) is 0.381. The van der Waals surface area contributed by atoms with Crippen LogP contribution in [-0.2, 0) is 0 Å². The van der Waals surface area contributed by atoms with E-state index in [0.717, 1.165) is 31.9 Å². The summed E-state index contributed by atoms with van der Waals surface area (Å²) in [4.78, 5) is 17.2. The number of anilines is 2. The molecule has 1 amide bonds. The topological polar surface area (TPSA) is 35.6 Å². The quantitative estimate of drug-likeness (QED) is 0.903. The van der Waals surface area contributed by atoms with Crippen LogP contribution < -0.4 is 10.2 Å². The van der Waals surface area contributed by atoms with Gasteiger partial charge in [0.15, 0.2) is 0 Å². The molecule has 26 heavy (non-hydrogen) atoms. The number of rotatable bonds is 4. The zero-order valence-electron chi connectivity index (χ0n) is 15.6. The van der Waals surface area contributed by atoms with Crippen LogP contribution in [0.5, 0.6) is 0 Å². The van der Waals surface area contributed by atoms with Gasteiger partial charge in [-0.05, 0) is 62.7 Å². The number of nitrogens with one attached hydrogen (secondary N) is 1. The van der Waals surface area contributed by atoms with Crippen LogP contribution in [0.3, 0.4) is 0 Å². The van der Waals surface area contributed by atoms with Gasteiger partial charge in [-0.25, -0.2) is 4.39 Å². The van der Waals surface area contributed by atoms with Crippen molar-refractivity contribution < 1.29 is 9.18 Å². The summed E-state index contributed by atoms with van der Waals surface area (Å²) in [6.45, 7) is 10.2. The predicted molar refractivity (Wildman–Crippen MR) is 104 cm³/mol. The molecule has 1 aliphatic heterocycles. The van der Waals surface area contributed by atoms with E-state index in [2.05, 4.69) is 29.0 Å². The maximum Gasteiger partial charge on any atom is 0.255 e. The number of hydrogen-bond acceptors (Lipinski definition) is 3. The lowest BCUT2D eigenvalue weighted by Crippen LogP contribution is -2.48. The molecular weight excluding hydrogens is 329 g/mol. The largest absolute Gasteiger partial charge is 0.369 e. The highest BCUT2D eigenvalue weighted by atomic mass is 19.1. The van der Waals surface area contributed by atoms with Gasteiger partial charge < -0.3 is 10.2 Å². The third-order valence-corrected chi connectivity index (χ3v) is 4.97. The van der Waals surface area contributed by atoms with Crippen molar-refractivity contribution in [3.63, 3.8) is 0 Å². The zero-order chi connectivity index (χ0) is 18.7. The average Bonchev–Trinajstić information content (AvgIpc) is 2.65. The lowest BCUT2D eigenvalue weighted by atomic mass is 10.1. The maximum absolute atomic E-state index is 13.6. The molecule has 0 aromatic heterocycles. The lowest BCUT2D eigenvalue weighted by molar-refractivity contribution is 0.102. The van der Waals surface area contributed by atoms with Crippen LogP contribution in [0.1, 0.15) is 29.8 Å². The average molecular weight is 355 g/mol. The van der Waals surface area contributed by atoms with Crippen LogP contribution in [0, 0.1) is 12.7 Å². The smallest absolute Gasteiger partial charge is 0.255 e. The number of hydrogen-bond donors (Lipinski definition) is 1. The van der Waals surface area contributed by atoms with Gasteiger partial charge in [0.25, 0.3) is 5.91 Å². The minimum atomic E-state index is -0.321. The van der Waals surface area contributed by atoms with Gasteiger partial charge in [0.05, 0.1) is 0 Å². The molecule has 0 radical (unpaired) electrons. The van der Waals surface area contributed by atoms with Gasteiger partial charge in [0.1, 0.15) is 5.82 Å². The Balaban J connectivity index is 1.62. The molecular formula is C21H26FN3O. The third-order valence-electron chi connectivity index (χ3n) is 4.97. The van der Waals surface area contributed by atoms with Gasteiger partial charge in [-0.3, -0.25) is 9.69 Å². The highest BCUT2D eigenvalue weighted by Crippen LogP contribution is 2.19. The summed E-state index contributed by atoms with van der Waals surface area (Å²) in [5.41, 5.74) is 2.72. The molecule has 1 aliphatic rings. The fourth-order valence-electron chi connectivity index (χ4n) is 3.19. The Bertz CT molecular complexity index is 765. The predicted octanol–water partition coefficient (Wildman–Crippen LogP) is 3.92. The van der Waals surface area contributed by atoms with Gasteiger partial charge in [-0.15, -0.1) is 0 Å². The second-order valence-corrected chi connectivity index (χ2v) is 7.08. The molecule has 1 heterocycles. The van der Waals surface area contributed by atoms with Gasteiger partial charge in [0, 0.05) is 49.2 Å². The Hall–Kier alpha value is -2.40. The molecule has 0 aliphatic carbocycles. The first-order chi connectivity index (χ1) is 12.4. The first-order valence-electron chi connectivity index (χ1n) is 9.10. The van der Waals surface area contributed by atoms with Gasteiger partial charge in [-0.1, -0.05) is 6.07 Å². The number of benzene rings is 2. The Morgan fingerprint density at radius 2 is 1.69 bits per heavy atom. The van der Waals surface area contributed by atoms with Crippen LogP contribution in [0.15, 0.2) is 42.5 Å². The Kier molecular flexibility index (Phi) is 5.57. The second-order valence-electron chi connectivity index (χ2n) is 7.08. The van der Waals surface area contributed by atoms with E-state index in [-0.39, 0.29) is 11.7 Å². The summed E-state index contributed by atoms with van der Waals surface area (Å²) in [6.07, 6.45) is 0. The van der Waals surface area contributed by atoms with E-state index in [9.17, 15) is 9.18 Å². The third kappa shape index (κ3) is 4.22. The van der Waals surface area contributed by atoms with Crippen LogP contribution in [0.25, 0.3) is 0 Å².